The van der Waals surface area contributed by atoms with Gasteiger partial charge in [-0.15, -0.1) is 0 Å². The smallest absolute Gasteiger partial charge is 0.191 e. The molecule has 1 aliphatic carbocycles. The van der Waals surface area contributed by atoms with Crippen molar-refractivity contribution in [3.63, 3.8) is 0 Å². The first-order chi connectivity index (χ1) is 15.7. The van der Waals surface area contributed by atoms with Crippen LogP contribution < -0.4 is 20.3 Å². The van der Waals surface area contributed by atoms with Crippen LogP contribution in [0.3, 0.4) is 0 Å². The standard InChI is InChI=1S/C25H36N6O/c1-3-30-12-14-31(15-13-30)24-11-10-21(16-27-24)17-28-25(26-2)29-18-22-6-4-5-7-23(22)32-19-20-8-9-20/h4-7,10-11,16,20H,3,8-9,12-15,17-19H2,1-2H3,(H2,26,28,29). The van der Waals surface area contributed by atoms with Crippen LogP contribution in [0.25, 0.3) is 0 Å². The molecule has 1 saturated carbocycles. The third-order valence-corrected chi connectivity index (χ3v) is 6.23. The van der Waals surface area contributed by atoms with Crippen molar-refractivity contribution in [1.29, 1.82) is 0 Å². The van der Waals surface area contributed by atoms with E-state index in [-0.39, 0.29) is 0 Å². The first-order valence-electron chi connectivity index (χ1n) is 11.8. The highest BCUT2D eigenvalue weighted by atomic mass is 16.5. The van der Waals surface area contributed by atoms with Crippen molar-refractivity contribution in [2.45, 2.75) is 32.9 Å². The van der Waals surface area contributed by atoms with E-state index < -0.39 is 0 Å². The molecule has 1 saturated heterocycles. The van der Waals surface area contributed by atoms with E-state index in [1.807, 2.05) is 24.4 Å². The Balaban J connectivity index is 1.24. The lowest BCUT2D eigenvalue weighted by Gasteiger charge is -2.34. The van der Waals surface area contributed by atoms with Crippen LogP contribution in [0.15, 0.2) is 47.6 Å². The van der Waals surface area contributed by atoms with E-state index in [9.17, 15) is 0 Å². The Morgan fingerprint density at radius 3 is 2.53 bits per heavy atom. The predicted octanol–water partition coefficient (Wildman–Crippen LogP) is 2.88. The average molecular weight is 437 g/mol. The Morgan fingerprint density at radius 2 is 1.84 bits per heavy atom. The molecule has 0 radical (unpaired) electrons. The van der Waals surface area contributed by atoms with E-state index in [4.69, 9.17) is 9.72 Å². The second-order valence-corrected chi connectivity index (χ2v) is 8.59. The van der Waals surface area contributed by atoms with Crippen molar-refractivity contribution in [2.24, 2.45) is 10.9 Å². The Labute approximate surface area is 191 Å². The van der Waals surface area contributed by atoms with Crippen LogP contribution in [0.1, 0.15) is 30.9 Å². The van der Waals surface area contributed by atoms with Crippen molar-refractivity contribution >= 4 is 11.8 Å². The largest absolute Gasteiger partial charge is 0.493 e. The zero-order valence-corrected chi connectivity index (χ0v) is 19.4. The van der Waals surface area contributed by atoms with E-state index >= 15 is 0 Å². The summed E-state index contributed by atoms with van der Waals surface area (Å²) >= 11 is 0. The molecule has 7 nitrogen and oxygen atoms in total. The number of aromatic nitrogens is 1. The van der Waals surface area contributed by atoms with Gasteiger partial charge in [-0.3, -0.25) is 4.99 Å². The van der Waals surface area contributed by atoms with Crippen molar-refractivity contribution in [3.05, 3.63) is 53.7 Å². The fourth-order valence-corrected chi connectivity index (χ4v) is 3.87. The maximum atomic E-state index is 6.01. The summed E-state index contributed by atoms with van der Waals surface area (Å²) in [6.07, 6.45) is 4.55. The fraction of sp³-hybridized carbons (Fsp3) is 0.520. The van der Waals surface area contributed by atoms with E-state index in [0.717, 1.165) is 73.9 Å². The molecular formula is C25H36N6O. The number of benzene rings is 1. The van der Waals surface area contributed by atoms with Crippen LogP contribution in [0.4, 0.5) is 5.82 Å². The topological polar surface area (TPSA) is 65.0 Å². The van der Waals surface area contributed by atoms with Crippen LogP contribution in [-0.4, -0.2) is 62.2 Å². The minimum absolute atomic E-state index is 0.668. The second-order valence-electron chi connectivity index (χ2n) is 8.59. The maximum absolute atomic E-state index is 6.01. The number of hydrogen-bond acceptors (Lipinski definition) is 5. The predicted molar refractivity (Wildman–Crippen MR) is 130 cm³/mol. The number of hydrogen-bond donors (Lipinski definition) is 2. The molecule has 2 aliphatic rings. The van der Waals surface area contributed by atoms with Crippen LogP contribution in [-0.2, 0) is 13.1 Å². The molecule has 1 aromatic heterocycles. The number of anilines is 1. The number of guanidine groups is 1. The highest BCUT2D eigenvalue weighted by molar-refractivity contribution is 5.79. The number of aliphatic imine (C=N–C) groups is 1. The third kappa shape index (κ3) is 6.36. The number of nitrogens with one attached hydrogen (secondary N) is 2. The Hall–Kier alpha value is -2.80. The van der Waals surface area contributed by atoms with Gasteiger partial charge in [-0.05, 0) is 43.0 Å². The molecule has 0 bridgehead atoms. The quantitative estimate of drug-likeness (QED) is 0.466. The zero-order valence-electron chi connectivity index (χ0n) is 19.4. The van der Waals surface area contributed by atoms with E-state index in [1.54, 1.807) is 7.05 Å². The number of rotatable bonds is 9. The summed E-state index contributed by atoms with van der Waals surface area (Å²) in [6.45, 7) is 9.82. The van der Waals surface area contributed by atoms with Gasteiger partial charge in [0.2, 0.25) is 0 Å². The number of nitrogens with zero attached hydrogens (tertiary/aromatic N) is 4. The lowest BCUT2D eigenvalue weighted by Crippen LogP contribution is -2.46. The third-order valence-electron chi connectivity index (χ3n) is 6.23. The maximum Gasteiger partial charge on any atom is 0.191 e. The minimum atomic E-state index is 0.668. The summed E-state index contributed by atoms with van der Waals surface area (Å²) in [5.74, 6) is 3.53. The van der Waals surface area contributed by atoms with E-state index in [1.165, 1.54) is 12.8 Å². The number of pyridine rings is 1. The lowest BCUT2D eigenvalue weighted by molar-refractivity contribution is 0.270. The van der Waals surface area contributed by atoms with Crippen LogP contribution in [0, 0.1) is 5.92 Å². The number of ether oxygens (including phenoxy) is 1. The van der Waals surface area contributed by atoms with Gasteiger partial charge in [0.1, 0.15) is 11.6 Å². The molecule has 2 N–H and O–H groups in total. The molecule has 0 spiro atoms. The molecule has 2 heterocycles. The molecule has 1 aromatic carbocycles. The average Bonchev–Trinajstić information content (AvgIpc) is 3.68. The summed E-state index contributed by atoms with van der Waals surface area (Å²) in [5, 5.41) is 6.78. The van der Waals surface area contributed by atoms with Gasteiger partial charge in [0.25, 0.3) is 0 Å². The molecule has 172 valence electrons. The van der Waals surface area contributed by atoms with Crippen LogP contribution in [0.2, 0.25) is 0 Å². The number of para-hydroxylation sites is 1. The molecular weight excluding hydrogens is 400 g/mol. The fourth-order valence-electron chi connectivity index (χ4n) is 3.87. The van der Waals surface area contributed by atoms with Gasteiger partial charge in [-0.2, -0.15) is 0 Å². The van der Waals surface area contributed by atoms with Crippen molar-refractivity contribution in [2.75, 3.05) is 51.3 Å². The van der Waals surface area contributed by atoms with E-state index in [2.05, 4.69) is 50.5 Å². The second kappa shape index (κ2) is 11.2. The molecule has 0 atom stereocenters. The Morgan fingerprint density at radius 1 is 1.06 bits per heavy atom. The summed E-state index contributed by atoms with van der Waals surface area (Å²) in [7, 11) is 1.79. The number of likely N-dealkylation sites (N-methyl/N-ethyl adjacent to an activating group) is 1. The summed E-state index contributed by atoms with van der Waals surface area (Å²) in [5.41, 5.74) is 2.28. The monoisotopic (exact) mass is 436 g/mol. The molecule has 1 aliphatic heterocycles. The Kier molecular flexibility index (Phi) is 7.82. The summed E-state index contributed by atoms with van der Waals surface area (Å²) in [4.78, 5) is 13.9. The van der Waals surface area contributed by atoms with Gasteiger partial charge in [-0.25, -0.2) is 4.98 Å². The van der Waals surface area contributed by atoms with Crippen molar-refractivity contribution in [1.82, 2.24) is 20.5 Å². The highest BCUT2D eigenvalue weighted by Crippen LogP contribution is 2.30. The molecule has 7 heteroatoms. The number of piperazine rings is 1. The first-order valence-corrected chi connectivity index (χ1v) is 11.8. The van der Waals surface area contributed by atoms with Crippen LogP contribution >= 0.6 is 0 Å². The molecule has 0 amide bonds. The summed E-state index contributed by atoms with van der Waals surface area (Å²) < 4.78 is 6.01. The molecule has 4 rings (SSSR count). The van der Waals surface area contributed by atoms with Gasteiger partial charge in [0.05, 0.1) is 6.61 Å². The normalized spacial score (nSPS) is 17.3. The highest BCUT2D eigenvalue weighted by Gasteiger charge is 2.22. The van der Waals surface area contributed by atoms with Gasteiger partial charge in [-0.1, -0.05) is 31.2 Å². The van der Waals surface area contributed by atoms with Crippen molar-refractivity contribution < 1.29 is 4.74 Å². The van der Waals surface area contributed by atoms with Gasteiger partial charge in [0.15, 0.2) is 5.96 Å². The van der Waals surface area contributed by atoms with Gasteiger partial charge >= 0.3 is 0 Å². The van der Waals surface area contributed by atoms with Crippen molar-refractivity contribution in [3.8, 4) is 5.75 Å². The SMILES string of the molecule is CCN1CCN(c2ccc(CNC(=NC)NCc3ccccc3OCC3CC3)cn2)CC1. The van der Waals surface area contributed by atoms with Crippen LogP contribution in [0.5, 0.6) is 5.75 Å². The minimum Gasteiger partial charge on any atom is -0.493 e. The zero-order chi connectivity index (χ0) is 22.2. The van der Waals surface area contributed by atoms with Gasteiger partial charge in [0, 0.05) is 58.1 Å². The lowest BCUT2D eigenvalue weighted by atomic mass is 10.2. The molecule has 0 unspecified atom stereocenters. The molecule has 32 heavy (non-hydrogen) atoms. The van der Waals surface area contributed by atoms with E-state index in [0.29, 0.717) is 13.1 Å². The Bertz CT molecular complexity index is 872. The summed E-state index contributed by atoms with van der Waals surface area (Å²) in [6, 6.07) is 12.5. The van der Waals surface area contributed by atoms with Gasteiger partial charge < -0.3 is 25.2 Å². The molecule has 2 aromatic rings. The molecule has 2 fully saturated rings. The first kappa shape index (κ1) is 22.4.